The van der Waals surface area contributed by atoms with Gasteiger partial charge in [-0.1, -0.05) is 48.0 Å². The number of β-amino-alcohol motifs (C(OH)–C–C–N with tert-alkyl or cyclic N) is 1. The molecule has 124 valence electrons. The van der Waals surface area contributed by atoms with E-state index in [4.69, 9.17) is 4.74 Å². The van der Waals surface area contributed by atoms with E-state index in [0.29, 0.717) is 6.54 Å². The Morgan fingerprint density at radius 3 is 2.35 bits per heavy atom. The predicted molar refractivity (Wildman–Crippen MR) is 94.9 cm³/mol. The van der Waals surface area contributed by atoms with Crippen molar-refractivity contribution < 1.29 is 9.84 Å². The highest BCUT2D eigenvalue weighted by Crippen LogP contribution is 2.14. The van der Waals surface area contributed by atoms with Crippen molar-refractivity contribution in [2.75, 3.05) is 13.2 Å². The zero-order chi connectivity index (χ0) is 16.7. The normalized spacial score (nSPS) is 12.9. The smallest absolute Gasteiger partial charge is 0.119 e. The van der Waals surface area contributed by atoms with E-state index in [2.05, 4.69) is 50.4 Å². The third-order valence-electron chi connectivity index (χ3n) is 3.77. The summed E-state index contributed by atoms with van der Waals surface area (Å²) in [6.45, 7) is 7.19. The van der Waals surface area contributed by atoms with E-state index in [0.717, 1.165) is 12.2 Å². The first kappa shape index (κ1) is 17.5. The van der Waals surface area contributed by atoms with Crippen LogP contribution in [0.3, 0.4) is 0 Å². The standard InChI is InChI=1S/C20H27NO2/c1-16-9-11-17(12-10-16)13-20(2,3)21-14-18(22)15-23-19-7-5-4-6-8-19/h4-12,18,21-22H,13-15H2,1-3H3. The van der Waals surface area contributed by atoms with E-state index in [1.165, 1.54) is 11.1 Å². The number of benzene rings is 2. The molecule has 0 bridgehead atoms. The second-order valence-electron chi connectivity index (χ2n) is 6.71. The summed E-state index contributed by atoms with van der Waals surface area (Å²) in [5, 5.41) is 13.5. The highest BCUT2D eigenvalue weighted by molar-refractivity contribution is 5.23. The Hall–Kier alpha value is -1.84. The fraction of sp³-hybridized carbons (Fsp3) is 0.400. The molecule has 0 saturated heterocycles. The minimum absolute atomic E-state index is 0.0804. The van der Waals surface area contributed by atoms with Crippen LogP contribution in [-0.4, -0.2) is 29.9 Å². The molecule has 0 aliphatic carbocycles. The molecule has 2 aromatic carbocycles. The van der Waals surface area contributed by atoms with Crippen LogP contribution in [0.4, 0.5) is 0 Å². The Morgan fingerprint density at radius 2 is 1.70 bits per heavy atom. The topological polar surface area (TPSA) is 41.5 Å². The van der Waals surface area contributed by atoms with E-state index < -0.39 is 6.10 Å². The highest BCUT2D eigenvalue weighted by Gasteiger charge is 2.19. The van der Waals surface area contributed by atoms with Gasteiger partial charge in [-0.15, -0.1) is 0 Å². The molecule has 0 amide bonds. The van der Waals surface area contributed by atoms with Crippen molar-refractivity contribution in [1.29, 1.82) is 0 Å². The monoisotopic (exact) mass is 313 g/mol. The number of ether oxygens (including phenoxy) is 1. The van der Waals surface area contributed by atoms with Gasteiger partial charge in [0, 0.05) is 12.1 Å². The molecule has 0 spiro atoms. The van der Waals surface area contributed by atoms with E-state index >= 15 is 0 Å². The summed E-state index contributed by atoms with van der Waals surface area (Å²) < 4.78 is 5.57. The van der Waals surface area contributed by atoms with Gasteiger partial charge in [-0.3, -0.25) is 0 Å². The average molecular weight is 313 g/mol. The SMILES string of the molecule is Cc1ccc(CC(C)(C)NCC(O)COc2ccccc2)cc1. The second-order valence-corrected chi connectivity index (χ2v) is 6.71. The number of aryl methyl sites for hydroxylation is 1. The quantitative estimate of drug-likeness (QED) is 0.785. The fourth-order valence-electron chi connectivity index (χ4n) is 2.44. The van der Waals surface area contributed by atoms with Crippen LogP contribution >= 0.6 is 0 Å². The van der Waals surface area contributed by atoms with Crippen molar-refractivity contribution >= 4 is 0 Å². The molecule has 0 aliphatic heterocycles. The third-order valence-corrected chi connectivity index (χ3v) is 3.77. The number of para-hydroxylation sites is 1. The maximum Gasteiger partial charge on any atom is 0.119 e. The first-order chi connectivity index (χ1) is 10.9. The van der Waals surface area contributed by atoms with Gasteiger partial charge >= 0.3 is 0 Å². The van der Waals surface area contributed by atoms with Gasteiger partial charge in [0.25, 0.3) is 0 Å². The molecule has 0 saturated carbocycles. The van der Waals surface area contributed by atoms with Gasteiger partial charge in [-0.2, -0.15) is 0 Å². The van der Waals surface area contributed by atoms with Crippen LogP contribution in [0, 0.1) is 6.92 Å². The van der Waals surface area contributed by atoms with Gasteiger partial charge in [-0.25, -0.2) is 0 Å². The Morgan fingerprint density at radius 1 is 1.04 bits per heavy atom. The van der Waals surface area contributed by atoms with Crippen molar-refractivity contribution in [2.24, 2.45) is 0 Å². The summed E-state index contributed by atoms with van der Waals surface area (Å²) in [7, 11) is 0. The molecule has 1 atom stereocenters. The molecule has 3 heteroatoms. The van der Waals surface area contributed by atoms with Crippen LogP contribution in [0.5, 0.6) is 5.75 Å². The van der Waals surface area contributed by atoms with Crippen LogP contribution in [0.2, 0.25) is 0 Å². The van der Waals surface area contributed by atoms with Gasteiger partial charge in [0.1, 0.15) is 18.5 Å². The molecule has 2 aromatic rings. The van der Waals surface area contributed by atoms with Crippen LogP contribution in [-0.2, 0) is 6.42 Å². The van der Waals surface area contributed by atoms with Crippen LogP contribution in [0.15, 0.2) is 54.6 Å². The lowest BCUT2D eigenvalue weighted by Crippen LogP contribution is -2.46. The van der Waals surface area contributed by atoms with E-state index in [9.17, 15) is 5.11 Å². The number of aliphatic hydroxyl groups is 1. The Kier molecular flexibility index (Phi) is 6.20. The molecule has 0 heterocycles. The summed E-state index contributed by atoms with van der Waals surface area (Å²) in [6.07, 6.45) is 0.381. The van der Waals surface area contributed by atoms with Crippen molar-refractivity contribution in [3.8, 4) is 5.75 Å². The molecule has 2 rings (SSSR count). The minimum Gasteiger partial charge on any atom is -0.491 e. The summed E-state index contributed by atoms with van der Waals surface area (Å²) in [4.78, 5) is 0. The Labute approximate surface area is 139 Å². The van der Waals surface area contributed by atoms with E-state index in [1.807, 2.05) is 30.3 Å². The Balaban J connectivity index is 1.75. The first-order valence-electron chi connectivity index (χ1n) is 8.11. The summed E-state index contributed by atoms with van der Waals surface area (Å²) in [6, 6.07) is 18.2. The van der Waals surface area contributed by atoms with Gasteiger partial charge in [-0.05, 0) is 44.9 Å². The molecule has 0 radical (unpaired) electrons. The molecule has 0 aliphatic rings. The van der Waals surface area contributed by atoms with Crippen molar-refractivity contribution in [3.63, 3.8) is 0 Å². The lowest BCUT2D eigenvalue weighted by Gasteiger charge is -2.28. The van der Waals surface area contributed by atoms with Gasteiger partial charge in [0.15, 0.2) is 0 Å². The number of aliphatic hydroxyl groups excluding tert-OH is 1. The summed E-state index contributed by atoms with van der Waals surface area (Å²) in [5.74, 6) is 0.783. The zero-order valence-corrected chi connectivity index (χ0v) is 14.3. The predicted octanol–water partition coefficient (Wildman–Crippen LogP) is 3.35. The molecule has 23 heavy (non-hydrogen) atoms. The summed E-state index contributed by atoms with van der Waals surface area (Å²) in [5.41, 5.74) is 2.49. The van der Waals surface area contributed by atoms with E-state index in [-0.39, 0.29) is 12.1 Å². The molecule has 1 unspecified atom stereocenters. The number of rotatable bonds is 8. The fourth-order valence-corrected chi connectivity index (χ4v) is 2.44. The molecular weight excluding hydrogens is 286 g/mol. The number of hydrogen-bond acceptors (Lipinski definition) is 3. The van der Waals surface area contributed by atoms with E-state index in [1.54, 1.807) is 0 Å². The van der Waals surface area contributed by atoms with Gasteiger partial charge in [0.05, 0.1) is 0 Å². The minimum atomic E-state index is -0.535. The maximum atomic E-state index is 10.1. The van der Waals surface area contributed by atoms with Gasteiger partial charge in [0.2, 0.25) is 0 Å². The first-order valence-corrected chi connectivity index (χ1v) is 8.11. The lowest BCUT2D eigenvalue weighted by molar-refractivity contribution is 0.0988. The third kappa shape index (κ3) is 6.43. The lowest BCUT2D eigenvalue weighted by atomic mass is 9.94. The van der Waals surface area contributed by atoms with Crippen LogP contribution in [0.25, 0.3) is 0 Å². The molecule has 0 aromatic heterocycles. The number of nitrogens with one attached hydrogen (secondary N) is 1. The van der Waals surface area contributed by atoms with Crippen LogP contribution < -0.4 is 10.1 Å². The van der Waals surface area contributed by atoms with Gasteiger partial charge < -0.3 is 15.2 Å². The maximum absolute atomic E-state index is 10.1. The average Bonchev–Trinajstić information content (AvgIpc) is 2.54. The van der Waals surface area contributed by atoms with Crippen molar-refractivity contribution in [1.82, 2.24) is 5.32 Å². The summed E-state index contributed by atoms with van der Waals surface area (Å²) >= 11 is 0. The van der Waals surface area contributed by atoms with Crippen LogP contribution in [0.1, 0.15) is 25.0 Å². The Bertz CT molecular complexity index is 578. The second kappa shape index (κ2) is 8.14. The number of hydrogen-bond donors (Lipinski definition) is 2. The molecular formula is C20H27NO2. The molecule has 0 fully saturated rings. The largest absolute Gasteiger partial charge is 0.491 e. The zero-order valence-electron chi connectivity index (χ0n) is 14.3. The van der Waals surface area contributed by atoms with Crippen molar-refractivity contribution in [2.45, 2.75) is 38.8 Å². The van der Waals surface area contributed by atoms with Crippen molar-refractivity contribution in [3.05, 3.63) is 65.7 Å². The molecule has 3 nitrogen and oxygen atoms in total. The molecule has 2 N–H and O–H groups in total. The highest BCUT2D eigenvalue weighted by atomic mass is 16.5.